The summed E-state index contributed by atoms with van der Waals surface area (Å²) in [7, 11) is 0. The molecule has 1 saturated carbocycles. The minimum Gasteiger partial charge on any atom is -0.394 e. The van der Waals surface area contributed by atoms with Crippen LogP contribution in [0.15, 0.2) is 42.9 Å². The van der Waals surface area contributed by atoms with Gasteiger partial charge in [-0.3, -0.25) is 0 Å². The molecule has 1 aromatic carbocycles. The lowest BCUT2D eigenvalue weighted by molar-refractivity contribution is 0.260. The number of aliphatic hydroxyl groups is 1. The molecular weight excluding hydrogens is 302 g/mol. The van der Waals surface area contributed by atoms with Gasteiger partial charge in [-0.05, 0) is 18.4 Å². The highest BCUT2D eigenvalue weighted by Gasteiger charge is 2.38. The van der Waals surface area contributed by atoms with E-state index in [1.54, 1.807) is 17.2 Å². The van der Waals surface area contributed by atoms with Crippen molar-refractivity contribution in [1.29, 1.82) is 0 Å². The molecule has 2 heterocycles. The summed E-state index contributed by atoms with van der Waals surface area (Å²) in [6.07, 6.45) is 6.98. The summed E-state index contributed by atoms with van der Waals surface area (Å²) < 4.78 is 1.71. The van der Waals surface area contributed by atoms with Crippen molar-refractivity contribution in [2.45, 2.75) is 31.2 Å². The Kier molecular flexibility index (Phi) is 3.90. The molecule has 0 saturated heterocycles. The number of hydrogen-bond donors (Lipinski definition) is 2. The molecule has 24 heavy (non-hydrogen) atoms. The topological polar surface area (TPSA) is 75.9 Å². The summed E-state index contributed by atoms with van der Waals surface area (Å²) in [5.41, 5.74) is 2.34. The van der Waals surface area contributed by atoms with Gasteiger partial charge in [0, 0.05) is 12.0 Å². The third-order valence-electron chi connectivity index (χ3n) is 5.04. The van der Waals surface area contributed by atoms with E-state index in [0.29, 0.717) is 6.54 Å². The molecule has 2 N–H and O–H groups in total. The first kappa shape index (κ1) is 15.1. The van der Waals surface area contributed by atoms with Gasteiger partial charge >= 0.3 is 0 Å². The Labute approximate surface area is 140 Å². The summed E-state index contributed by atoms with van der Waals surface area (Å²) in [4.78, 5) is 8.69. The van der Waals surface area contributed by atoms with Crippen molar-refractivity contribution in [2.75, 3.05) is 18.5 Å². The molecule has 0 radical (unpaired) electrons. The maximum Gasteiger partial charge on any atom is 0.163 e. The molecule has 3 aromatic rings. The second kappa shape index (κ2) is 6.20. The predicted octanol–water partition coefficient (Wildman–Crippen LogP) is 2.35. The van der Waals surface area contributed by atoms with Crippen molar-refractivity contribution in [3.8, 4) is 0 Å². The predicted molar refractivity (Wildman–Crippen MR) is 92.9 cm³/mol. The van der Waals surface area contributed by atoms with Crippen LogP contribution < -0.4 is 5.32 Å². The molecule has 0 bridgehead atoms. The lowest BCUT2D eigenvalue weighted by Crippen LogP contribution is -2.41. The van der Waals surface area contributed by atoms with Crippen LogP contribution in [0.3, 0.4) is 0 Å². The molecular formula is C18H21N5O. The monoisotopic (exact) mass is 323 g/mol. The standard InChI is InChI=1S/C18H21N5O/c24-10-9-23-17-15(11-22-23)16(20-13-21-17)19-12-18(7-4-8-18)14-5-2-1-3-6-14/h1-3,5-6,11,13,24H,4,7-10,12H2,(H,19,20,21). The van der Waals surface area contributed by atoms with E-state index in [-0.39, 0.29) is 12.0 Å². The molecule has 0 amide bonds. The number of benzene rings is 1. The van der Waals surface area contributed by atoms with Crippen molar-refractivity contribution < 1.29 is 5.11 Å². The van der Waals surface area contributed by atoms with Gasteiger partial charge in [0.2, 0.25) is 0 Å². The van der Waals surface area contributed by atoms with E-state index in [9.17, 15) is 0 Å². The molecule has 4 rings (SSSR count). The van der Waals surface area contributed by atoms with Crippen molar-refractivity contribution in [2.24, 2.45) is 0 Å². The van der Waals surface area contributed by atoms with Crippen LogP contribution in [0.1, 0.15) is 24.8 Å². The molecule has 0 spiro atoms. The zero-order valence-corrected chi connectivity index (χ0v) is 13.5. The van der Waals surface area contributed by atoms with Crippen LogP contribution in [0.5, 0.6) is 0 Å². The smallest absolute Gasteiger partial charge is 0.163 e. The molecule has 0 aliphatic heterocycles. The zero-order chi connectivity index (χ0) is 16.4. The van der Waals surface area contributed by atoms with Crippen molar-refractivity contribution >= 4 is 16.9 Å². The van der Waals surface area contributed by atoms with Crippen molar-refractivity contribution in [3.05, 3.63) is 48.4 Å². The van der Waals surface area contributed by atoms with E-state index in [1.807, 2.05) is 0 Å². The average molecular weight is 323 g/mol. The molecule has 6 nitrogen and oxygen atoms in total. The summed E-state index contributed by atoms with van der Waals surface area (Å²) in [5.74, 6) is 0.811. The van der Waals surface area contributed by atoms with Crippen LogP contribution in [-0.4, -0.2) is 38.0 Å². The van der Waals surface area contributed by atoms with E-state index in [4.69, 9.17) is 5.11 Å². The molecule has 1 fully saturated rings. The number of nitrogens with one attached hydrogen (secondary N) is 1. The van der Waals surface area contributed by atoms with E-state index in [1.165, 1.54) is 24.8 Å². The van der Waals surface area contributed by atoms with Gasteiger partial charge in [0.15, 0.2) is 5.65 Å². The highest BCUT2D eigenvalue weighted by Crippen LogP contribution is 2.43. The second-order valence-electron chi connectivity index (χ2n) is 6.40. The summed E-state index contributed by atoms with van der Waals surface area (Å²) >= 11 is 0. The Morgan fingerprint density at radius 1 is 1.17 bits per heavy atom. The highest BCUT2D eigenvalue weighted by atomic mass is 16.3. The fourth-order valence-corrected chi connectivity index (χ4v) is 3.51. The molecule has 2 aromatic heterocycles. The van der Waals surface area contributed by atoms with Crippen LogP contribution >= 0.6 is 0 Å². The fourth-order valence-electron chi connectivity index (χ4n) is 3.51. The molecule has 0 unspecified atom stereocenters. The largest absolute Gasteiger partial charge is 0.394 e. The molecule has 124 valence electrons. The SMILES string of the molecule is OCCn1ncc2c(NCC3(c4ccccc4)CCC3)ncnc21. The van der Waals surface area contributed by atoms with E-state index >= 15 is 0 Å². The fraction of sp³-hybridized carbons (Fsp3) is 0.389. The van der Waals surface area contributed by atoms with Gasteiger partial charge in [0.1, 0.15) is 12.1 Å². The zero-order valence-electron chi connectivity index (χ0n) is 13.5. The summed E-state index contributed by atoms with van der Waals surface area (Å²) in [6, 6.07) is 10.7. The maximum absolute atomic E-state index is 9.12. The summed E-state index contributed by atoms with van der Waals surface area (Å²) in [6.45, 7) is 1.34. The average Bonchev–Trinajstić information content (AvgIpc) is 2.99. The van der Waals surface area contributed by atoms with E-state index in [0.717, 1.165) is 23.4 Å². The van der Waals surface area contributed by atoms with Crippen molar-refractivity contribution in [1.82, 2.24) is 19.7 Å². The molecule has 1 aliphatic carbocycles. The minimum atomic E-state index is 0.0423. The number of fused-ring (bicyclic) bond motifs is 1. The van der Waals surface area contributed by atoms with Crippen LogP contribution in [0.4, 0.5) is 5.82 Å². The lowest BCUT2D eigenvalue weighted by atomic mass is 9.64. The van der Waals surface area contributed by atoms with E-state index in [2.05, 4.69) is 50.7 Å². The maximum atomic E-state index is 9.12. The highest BCUT2D eigenvalue weighted by molar-refractivity contribution is 5.86. The van der Waals surface area contributed by atoms with Crippen LogP contribution in [0, 0.1) is 0 Å². The Morgan fingerprint density at radius 2 is 2.00 bits per heavy atom. The van der Waals surface area contributed by atoms with Crippen LogP contribution in [0.25, 0.3) is 11.0 Å². The number of hydrogen-bond acceptors (Lipinski definition) is 5. The van der Waals surface area contributed by atoms with Crippen molar-refractivity contribution in [3.63, 3.8) is 0 Å². The second-order valence-corrected chi connectivity index (χ2v) is 6.40. The Morgan fingerprint density at radius 3 is 2.71 bits per heavy atom. The number of nitrogens with zero attached hydrogens (tertiary/aromatic N) is 4. The van der Waals surface area contributed by atoms with Gasteiger partial charge in [-0.2, -0.15) is 5.10 Å². The van der Waals surface area contributed by atoms with Gasteiger partial charge in [-0.15, -0.1) is 0 Å². The Bertz CT molecular complexity index is 826. The molecule has 0 atom stereocenters. The lowest BCUT2D eigenvalue weighted by Gasteiger charge is -2.42. The third kappa shape index (κ3) is 2.53. The van der Waals surface area contributed by atoms with Gasteiger partial charge in [0.25, 0.3) is 0 Å². The third-order valence-corrected chi connectivity index (χ3v) is 5.04. The quantitative estimate of drug-likeness (QED) is 0.728. The molecule has 1 aliphatic rings. The first-order valence-corrected chi connectivity index (χ1v) is 8.39. The Balaban J connectivity index is 1.59. The first-order valence-electron chi connectivity index (χ1n) is 8.39. The number of aromatic nitrogens is 4. The van der Waals surface area contributed by atoms with E-state index < -0.39 is 0 Å². The Hall–Kier alpha value is -2.47. The number of aliphatic hydroxyl groups excluding tert-OH is 1. The summed E-state index contributed by atoms with van der Waals surface area (Å²) in [5, 5.41) is 17.8. The molecule has 6 heteroatoms. The van der Waals surface area contributed by atoms with Gasteiger partial charge in [0.05, 0.1) is 24.7 Å². The van der Waals surface area contributed by atoms with Crippen LogP contribution in [0.2, 0.25) is 0 Å². The number of anilines is 1. The first-order chi connectivity index (χ1) is 11.8. The minimum absolute atomic E-state index is 0.0423. The van der Waals surface area contributed by atoms with Gasteiger partial charge in [-0.25, -0.2) is 14.6 Å². The van der Waals surface area contributed by atoms with Gasteiger partial charge < -0.3 is 10.4 Å². The number of rotatable bonds is 6. The van der Waals surface area contributed by atoms with Gasteiger partial charge in [-0.1, -0.05) is 36.8 Å². The normalized spacial score (nSPS) is 16.0. The van der Waals surface area contributed by atoms with Crippen LogP contribution in [-0.2, 0) is 12.0 Å².